The quantitative estimate of drug-likeness (QED) is 0.375. The average molecular weight is 396 g/mol. The van der Waals surface area contributed by atoms with E-state index in [2.05, 4.69) is 0 Å². The van der Waals surface area contributed by atoms with Gasteiger partial charge < -0.3 is 19.3 Å². The summed E-state index contributed by atoms with van der Waals surface area (Å²) < 4.78 is 65.4. The van der Waals surface area contributed by atoms with Crippen LogP contribution in [-0.2, 0) is 20.2 Å². The fraction of sp³-hybridized carbons (Fsp3) is 0. The monoisotopic (exact) mass is 396 g/mol. The van der Waals surface area contributed by atoms with Crippen LogP contribution in [0.25, 0.3) is 10.8 Å². The van der Waals surface area contributed by atoms with Crippen molar-refractivity contribution >= 4 is 31.0 Å². The van der Waals surface area contributed by atoms with Crippen molar-refractivity contribution in [3.05, 3.63) is 24.3 Å². The van der Waals surface area contributed by atoms with E-state index in [4.69, 9.17) is 0 Å². The molecule has 2 aromatic carbocycles. The van der Waals surface area contributed by atoms with Crippen LogP contribution in [0.2, 0.25) is 0 Å². The minimum atomic E-state index is -4.97. The van der Waals surface area contributed by atoms with Crippen molar-refractivity contribution in [3.63, 3.8) is 0 Å². The second kappa shape index (κ2) is 8.18. The van der Waals surface area contributed by atoms with Crippen LogP contribution in [0.1, 0.15) is 0 Å². The number of hydrogen-bond donors (Lipinski definition) is 2. The summed E-state index contributed by atoms with van der Waals surface area (Å²) in [5, 5.41) is 18.8. The van der Waals surface area contributed by atoms with Crippen LogP contribution in [0.5, 0.6) is 11.5 Å². The van der Waals surface area contributed by atoms with Crippen LogP contribution in [0.4, 0.5) is 0 Å². The standard InChI is InChI=1S/C10H8O8S2.2K/c11-7-1-5-2-8(12)10(20(16,17)18)4-6(5)3-9(7)19(13,14)15;;/h1-4,11-12H,(H,13,14,15)(H,16,17,18);;/q;2*+1/p-2. The molecule has 2 rings (SSSR count). The minimum absolute atomic E-state index is 0. The van der Waals surface area contributed by atoms with E-state index in [1.54, 1.807) is 0 Å². The predicted octanol–water partition coefficient (Wildman–Crippen LogP) is -5.93. The summed E-state index contributed by atoms with van der Waals surface area (Å²) >= 11 is 0. The van der Waals surface area contributed by atoms with Gasteiger partial charge in [-0.2, -0.15) is 0 Å². The van der Waals surface area contributed by atoms with Crippen LogP contribution in [0, 0.1) is 0 Å². The second-order valence-corrected chi connectivity index (χ2v) is 6.59. The van der Waals surface area contributed by atoms with Gasteiger partial charge in [0.25, 0.3) is 0 Å². The molecule has 22 heavy (non-hydrogen) atoms. The van der Waals surface area contributed by atoms with Crippen molar-refractivity contribution in [3.8, 4) is 11.5 Å². The molecule has 8 nitrogen and oxygen atoms in total. The zero-order valence-corrected chi connectivity index (χ0v) is 19.3. The molecule has 0 atom stereocenters. The van der Waals surface area contributed by atoms with Crippen molar-refractivity contribution in [1.29, 1.82) is 0 Å². The van der Waals surface area contributed by atoms with Crippen LogP contribution in [0.3, 0.4) is 0 Å². The number of phenolic OH excluding ortho intramolecular Hbond substituents is 2. The maximum atomic E-state index is 10.9. The summed E-state index contributed by atoms with van der Waals surface area (Å²) in [6, 6.07) is 3.17. The smallest absolute Gasteiger partial charge is 0.744 e. The third-order valence-corrected chi connectivity index (χ3v) is 4.27. The first-order chi connectivity index (χ1) is 9.00. The molecule has 0 aliphatic rings. The molecule has 0 bridgehead atoms. The number of benzene rings is 2. The maximum absolute atomic E-state index is 10.9. The number of fused-ring (bicyclic) bond motifs is 1. The van der Waals surface area contributed by atoms with Gasteiger partial charge in [0.2, 0.25) is 0 Å². The Morgan fingerprint density at radius 3 is 1.23 bits per heavy atom. The Hall–Kier alpha value is 1.39. The molecule has 0 fully saturated rings. The largest absolute Gasteiger partial charge is 1.00 e. The molecule has 0 aliphatic heterocycles. The van der Waals surface area contributed by atoms with E-state index in [0.29, 0.717) is 0 Å². The van der Waals surface area contributed by atoms with E-state index in [1.165, 1.54) is 0 Å². The number of aromatic hydroxyl groups is 2. The summed E-state index contributed by atoms with van der Waals surface area (Å²) in [4.78, 5) is -1.91. The van der Waals surface area contributed by atoms with Gasteiger partial charge in [0.15, 0.2) is 0 Å². The van der Waals surface area contributed by atoms with Crippen LogP contribution >= 0.6 is 0 Å². The van der Waals surface area contributed by atoms with Gasteiger partial charge in [0, 0.05) is 0 Å². The topological polar surface area (TPSA) is 155 Å². The number of rotatable bonds is 2. The zero-order valence-electron chi connectivity index (χ0n) is 11.5. The van der Waals surface area contributed by atoms with Gasteiger partial charge in [0.1, 0.15) is 31.7 Å². The van der Waals surface area contributed by atoms with E-state index in [1.807, 2.05) is 0 Å². The Morgan fingerprint density at radius 1 is 0.682 bits per heavy atom. The van der Waals surface area contributed by atoms with E-state index >= 15 is 0 Å². The first-order valence-corrected chi connectivity index (χ1v) is 7.73. The van der Waals surface area contributed by atoms with Crippen molar-refractivity contribution in [2.24, 2.45) is 0 Å². The Bertz CT molecular complexity index is 849. The SMILES string of the molecule is O=S(=O)([O-])c1cc2cc(S(=O)(=O)[O-])c(O)cc2cc1O.[K+].[K+]. The Labute approximate surface area is 211 Å². The molecular weight excluding hydrogens is 390 g/mol. The molecule has 108 valence electrons. The Balaban J connectivity index is 0.00000220. The second-order valence-electron chi connectivity index (χ2n) is 3.90. The number of hydrogen-bond acceptors (Lipinski definition) is 8. The van der Waals surface area contributed by atoms with E-state index in [9.17, 15) is 36.2 Å². The van der Waals surface area contributed by atoms with Crippen molar-refractivity contribution in [1.82, 2.24) is 0 Å². The van der Waals surface area contributed by atoms with Gasteiger partial charge in [-0.05, 0) is 35.0 Å². The first kappa shape index (κ1) is 23.4. The summed E-state index contributed by atoms with van der Waals surface area (Å²) in [5.74, 6) is -1.69. The zero-order chi connectivity index (χ0) is 15.3. The van der Waals surface area contributed by atoms with Crippen LogP contribution in [-0.4, -0.2) is 36.2 Å². The molecule has 12 heteroatoms. The van der Waals surface area contributed by atoms with Crippen LogP contribution in [0.15, 0.2) is 34.1 Å². The molecule has 0 spiro atoms. The third-order valence-electron chi connectivity index (χ3n) is 2.53. The molecule has 0 aliphatic carbocycles. The fourth-order valence-corrected chi connectivity index (χ4v) is 2.86. The summed E-state index contributed by atoms with van der Waals surface area (Å²) in [6.45, 7) is 0. The third kappa shape index (κ3) is 5.19. The molecule has 0 saturated heterocycles. The van der Waals surface area contributed by atoms with Gasteiger partial charge >= 0.3 is 103 Å². The average Bonchev–Trinajstić information content (AvgIpc) is 2.24. The molecule has 0 unspecified atom stereocenters. The predicted molar refractivity (Wildman–Crippen MR) is 63.2 cm³/mol. The molecule has 0 radical (unpaired) electrons. The van der Waals surface area contributed by atoms with Gasteiger partial charge in [-0.25, -0.2) is 16.8 Å². The van der Waals surface area contributed by atoms with Gasteiger partial charge in [-0.15, -0.1) is 0 Å². The summed E-state index contributed by atoms with van der Waals surface area (Å²) in [5.41, 5.74) is 0. The maximum Gasteiger partial charge on any atom is 1.00 e. The van der Waals surface area contributed by atoms with Crippen molar-refractivity contribution in [2.45, 2.75) is 9.79 Å². The van der Waals surface area contributed by atoms with Crippen molar-refractivity contribution in [2.75, 3.05) is 0 Å². The van der Waals surface area contributed by atoms with Gasteiger partial charge in [-0.3, -0.25) is 0 Å². The van der Waals surface area contributed by atoms with Gasteiger partial charge in [-0.1, -0.05) is 0 Å². The molecule has 2 aromatic rings. The molecule has 0 heterocycles. The summed E-state index contributed by atoms with van der Waals surface area (Å²) in [7, 11) is -9.95. The van der Waals surface area contributed by atoms with Crippen LogP contribution < -0.4 is 103 Å². The molecule has 0 amide bonds. The Morgan fingerprint density at radius 2 is 0.955 bits per heavy atom. The van der Waals surface area contributed by atoms with E-state index in [0.717, 1.165) is 24.3 Å². The van der Waals surface area contributed by atoms with E-state index in [-0.39, 0.29) is 114 Å². The normalized spacial score (nSPS) is 11.5. The minimum Gasteiger partial charge on any atom is -0.744 e. The molecular formula is C10H6K2O8S2. The van der Waals surface area contributed by atoms with E-state index < -0.39 is 41.5 Å². The first-order valence-electron chi connectivity index (χ1n) is 4.91. The fourth-order valence-electron chi connectivity index (χ4n) is 1.68. The number of phenols is 2. The summed E-state index contributed by atoms with van der Waals surface area (Å²) in [6.07, 6.45) is 0. The molecule has 0 saturated carbocycles. The van der Waals surface area contributed by atoms with Gasteiger partial charge in [0.05, 0.1) is 9.79 Å². The molecule has 2 N–H and O–H groups in total. The van der Waals surface area contributed by atoms with Crippen molar-refractivity contribution < 1.29 is 139 Å². The molecule has 0 aromatic heterocycles. The Kier molecular flexibility index (Phi) is 8.70.